The summed E-state index contributed by atoms with van der Waals surface area (Å²) >= 11 is 2.48. The van der Waals surface area contributed by atoms with Crippen molar-refractivity contribution in [3.8, 4) is 22.3 Å². The monoisotopic (exact) mass is 602 g/mol. The van der Waals surface area contributed by atoms with Crippen LogP contribution >= 0.6 is 22.6 Å². The fourth-order valence-corrected chi connectivity index (χ4v) is 8.13. The lowest BCUT2D eigenvalue weighted by Gasteiger charge is -2.36. The SMILES string of the molecule is IC1NC(c2ccccc2)CC(c2ccc3c(c2)-c2ccccc2C32c3ccccc3-c3ccccc32)N1. The number of rotatable bonds is 2. The first-order valence-electron chi connectivity index (χ1n) is 13.4. The van der Waals surface area contributed by atoms with Crippen molar-refractivity contribution < 1.29 is 0 Å². The van der Waals surface area contributed by atoms with E-state index >= 15 is 0 Å². The molecule has 0 saturated carbocycles. The molecule has 0 amide bonds. The van der Waals surface area contributed by atoms with E-state index in [1.54, 1.807) is 0 Å². The molecule has 2 N–H and O–H groups in total. The van der Waals surface area contributed by atoms with Gasteiger partial charge in [0.2, 0.25) is 0 Å². The van der Waals surface area contributed by atoms with Crippen LogP contribution in [-0.4, -0.2) is 4.17 Å². The molecule has 184 valence electrons. The third-order valence-corrected chi connectivity index (χ3v) is 9.51. The van der Waals surface area contributed by atoms with E-state index in [0.717, 1.165) is 6.42 Å². The Kier molecular flexibility index (Phi) is 5.16. The topological polar surface area (TPSA) is 24.1 Å². The van der Waals surface area contributed by atoms with Gasteiger partial charge in [-0.2, -0.15) is 0 Å². The Morgan fingerprint density at radius 2 is 0.974 bits per heavy atom. The van der Waals surface area contributed by atoms with E-state index in [4.69, 9.17) is 0 Å². The quantitative estimate of drug-likeness (QED) is 0.119. The van der Waals surface area contributed by atoms with Crippen molar-refractivity contribution in [2.75, 3.05) is 0 Å². The molecular formula is C35H27IN2. The summed E-state index contributed by atoms with van der Waals surface area (Å²) in [6.07, 6.45) is 1.01. The Bertz CT molecular complexity index is 1650. The average molecular weight is 603 g/mol. The minimum Gasteiger partial charge on any atom is -0.287 e. The standard InChI is InChI=1S/C35H27IN2/c36-34-37-32(22-10-2-1-3-11-22)21-33(38-34)23-18-19-31-27(20-23)26-14-6-9-17-30(26)35(31)28-15-7-4-12-24(28)25-13-5-8-16-29(25)35/h1-20,32-34,37-38H,21H2. The summed E-state index contributed by atoms with van der Waals surface area (Å²) < 4.78 is 0.206. The fourth-order valence-electron chi connectivity index (χ4n) is 7.26. The van der Waals surface area contributed by atoms with Gasteiger partial charge in [0.15, 0.2) is 0 Å². The van der Waals surface area contributed by atoms with Crippen molar-refractivity contribution in [3.05, 3.63) is 155 Å². The molecule has 1 fully saturated rings. The van der Waals surface area contributed by atoms with Crippen molar-refractivity contribution in [1.82, 2.24) is 10.6 Å². The first-order valence-corrected chi connectivity index (χ1v) is 14.6. The van der Waals surface area contributed by atoms with Gasteiger partial charge in [-0.1, -0.05) is 115 Å². The first kappa shape index (κ1) is 22.7. The molecular weight excluding hydrogens is 575 g/mol. The molecule has 3 heteroatoms. The summed E-state index contributed by atoms with van der Waals surface area (Å²) in [5.41, 5.74) is 13.5. The van der Waals surface area contributed by atoms with Crippen LogP contribution in [0.15, 0.2) is 121 Å². The number of alkyl halides is 1. The maximum absolute atomic E-state index is 3.82. The Labute approximate surface area is 237 Å². The van der Waals surface area contributed by atoms with E-state index in [2.05, 4.69) is 155 Å². The molecule has 3 atom stereocenters. The Hall–Kier alpha value is -3.25. The van der Waals surface area contributed by atoms with Crippen LogP contribution in [0, 0.1) is 0 Å². The summed E-state index contributed by atoms with van der Waals surface area (Å²) in [6.45, 7) is 0. The second kappa shape index (κ2) is 8.63. The third-order valence-electron chi connectivity index (χ3n) is 8.79. The minimum atomic E-state index is -0.266. The molecule has 1 spiro atoms. The van der Waals surface area contributed by atoms with Gasteiger partial charge >= 0.3 is 0 Å². The number of nitrogens with one attached hydrogen (secondary N) is 2. The molecule has 5 aromatic carbocycles. The van der Waals surface area contributed by atoms with E-state index in [9.17, 15) is 0 Å². The van der Waals surface area contributed by atoms with Crippen molar-refractivity contribution >= 4 is 22.6 Å². The van der Waals surface area contributed by atoms with Gasteiger partial charge in [-0.3, -0.25) is 10.6 Å². The predicted octanol–water partition coefficient (Wildman–Crippen LogP) is 8.11. The number of benzene rings is 5. The lowest BCUT2D eigenvalue weighted by atomic mass is 9.70. The predicted molar refractivity (Wildman–Crippen MR) is 163 cm³/mol. The highest BCUT2D eigenvalue weighted by Gasteiger charge is 2.51. The van der Waals surface area contributed by atoms with Crippen LogP contribution in [0.3, 0.4) is 0 Å². The summed E-state index contributed by atoms with van der Waals surface area (Å²) in [4.78, 5) is 0. The van der Waals surface area contributed by atoms with Gasteiger partial charge in [-0.25, -0.2) is 0 Å². The fraction of sp³-hybridized carbons (Fsp3) is 0.143. The summed E-state index contributed by atoms with van der Waals surface area (Å²) in [7, 11) is 0. The van der Waals surface area contributed by atoms with E-state index in [1.807, 2.05) is 0 Å². The van der Waals surface area contributed by atoms with Crippen LogP contribution in [0.5, 0.6) is 0 Å². The highest BCUT2D eigenvalue weighted by atomic mass is 127. The molecule has 8 rings (SSSR count). The Morgan fingerprint density at radius 1 is 0.500 bits per heavy atom. The second-order valence-electron chi connectivity index (χ2n) is 10.6. The Morgan fingerprint density at radius 3 is 1.58 bits per heavy atom. The molecule has 5 aromatic rings. The van der Waals surface area contributed by atoms with Gasteiger partial charge in [-0.05, 0) is 90.7 Å². The second-order valence-corrected chi connectivity index (χ2v) is 11.9. The molecule has 0 aromatic heterocycles. The third kappa shape index (κ3) is 3.13. The van der Waals surface area contributed by atoms with Gasteiger partial charge in [0.25, 0.3) is 0 Å². The van der Waals surface area contributed by atoms with Gasteiger partial charge in [0, 0.05) is 12.1 Å². The number of halogens is 1. The zero-order valence-electron chi connectivity index (χ0n) is 20.9. The van der Waals surface area contributed by atoms with Crippen LogP contribution in [0.2, 0.25) is 0 Å². The maximum atomic E-state index is 3.82. The molecule has 0 radical (unpaired) electrons. The van der Waals surface area contributed by atoms with Crippen molar-refractivity contribution in [1.29, 1.82) is 0 Å². The zero-order chi connectivity index (χ0) is 25.3. The van der Waals surface area contributed by atoms with Gasteiger partial charge < -0.3 is 0 Å². The van der Waals surface area contributed by atoms with E-state index < -0.39 is 0 Å². The average Bonchev–Trinajstić information content (AvgIpc) is 3.44. The molecule has 2 aliphatic carbocycles. The van der Waals surface area contributed by atoms with E-state index in [-0.39, 0.29) is 15.6 Å². The van der Waals surface area contributed by atoms with Gasteiger partial charge in [0.05, 0.1) is 5.41 Å². The number of hydrogen-bond donors (Lipinski definition) is 2. The summed E-state index contributed by atoms with van der Waals surface area (Å²) in [5.74, 6) is 0. The van der Waals surface area contributed by atoms with Crippen molar-refractivity contribution in [2.45, 2.75) is 28.1 Å². The first-order chi connectivity index (χ1) is 18.7. The lowest BCUT2D eigenvalue weighted by molar-refractivity contribution is 0.312. The van der Waals surface area contributed by atoms with Crippen LogP contribution in [0.25, 0.3) is 22.3 Å². The van der Waals surface area contributed by atoms with Crippen LogP contribution in [0.1, 0.15) is 51.9 Å². The normalized spacial score (nSPS) is 22.0. The molecule has 2 nitrogen and oxygen atoms in total. The largest absolute Gasteiger partial charge is 0.287 e. The zero-order valence-corrected chi connectivity index (χ0v) is 23.0. The van der Waals surface area contributed by atoms with E-state index in [0.29, 0.717) is 6.04 Å². The van der Waals surface area contributed by atoms with Crippen LogP contribution in [-0.2, 0) is 5.41 Å². The lowest BCUT2D eigenvalue weighted by Crippen LogP contribution is -2.47. The summed E-state index contributed by atoms with van der Waals surface area (Å²) in [6, 6.07) is 45.8. The van der Waals surface area contributed by atoms with Crippen molar-refractivity contribution in [3.63, 3.8) is 0 Å². The minimum absolute atomic E-state index is 0.206. The molecule has 3 aliphatic rings. The van der Waals surface area contributed by atoms with E-state index in [1.165, 1.54) is 55.6 Å². The smallest absolute Gasteiger partial charge is 0.112 e. The maximum Gasteiger partial charge on any atom is 0.112 e. The molecule has 0 bridgehead atoms. The van der Waals surface area contributed by atoms with Gasteiger partial charge in [-0.15, -0.1) is 0 Å². The van der Waals surface area contributed by atoms with Crippen molar-refractivity contribution in [2.24, 2.45) is 0 Å². The summed E-state index contributed by atoms with van der Waals surface area (Å²) in [5, 5.41) is 7.55. The van der Waals surface area contributed by atoms with Crippen LogP contribution in [0.4, 0.5) is 0 Å². The Balaban J connectivity index is 1.30. The van der Waals surface area contributed by atoms with Crippen LogP contribution < -0.4 is 10.6 Å². The highest BCUT2D eigenvalue weighted by Crippen LogP contribution is 2.62. The molecule has 1 saturated heterocycles. The molecule has 1 aliphatic heterocycles. The number of fused-ring (bicyclic) bond motifs is 10. The molecule has 38 heavy (non-hydrogen) atoms. The van der Waals surface area contributed by atoms with Gasteiger partial charge in [0.1, 0.15) is 4.17 Å². The molecule has 3 unspecified atom stereocenters. The molecule has 1 heterocycles. The highest BCUT2D eigenvalue weighted by molar-refractivity contribution is 14.1. The number of hydrogen-bond acceptors (Lipinski definition) is 2.